The first-order valence-electron chi connectivity index (χ1n) is 8.69. The Bertz CT molecular complexity index is 420. The molecule has 1 saturated heterocycles. The average Bonchev–Trinajstić information content (AvgIpc) is 3.43. The fourth-order valence-electron chi connectivity index (χ4n) is 4.20. The zero-order chi connectivity index (χ0) is 15.1. The van der Waals surface area contributed by atoms with E-state index in [4.69, 9.17) is 14.2 Å². The van der Waals surface area contributed by atoms with Crippen molar-refractivity contribution >= 4 is 11.9 Å². The summed E-state index contributed by atoms with van der Waals surface area (Å²) < 4.78 is 15.9. The van der Waals surface area contributed by atoms with Crippen LogP contribution in [0.25, 0.3) is 0 Å². The lowest BCUT2D eigenvalue weighted by atomic mass is 9.89. The Morgan fingerprint density at radius 2 is 1.45 bits per heavy atom. The zero-order valence-electron chi connectivity index (χ0n) is 12.9. The Morgan fingerprint density at radius 1 is 0.773 bits per heavy atom. The zero-order valence-corrected chi connectivity index (χ0v) is 12.9. The molecule has 3 saturated carbocycles. The molecule has 4 fully saturated rings. The minimum Gasteiger partial charge on any atom is -0.462 e. The topological polar surface area (TPSA) is 65.1 Å². The van der Waals surface area contributed by atoms with E-state index in [-0.39, 0.29) is 43.1 Å². The molecule has 4 rings (SSSR count). The van der Waals surface area contributed by atoms with Gasteiger partial charge in [-0.25, -0.2) is 0 Å². The molecule has 0 spiro atoms. The first-order valence-corrected chi connectivity index (χ1v) is 8.69. The first-order chi connectivity index (χ1) is 10.7. The van der Waals surface area contributed by atoms with Gasteiger partial charge in [0.25, 0.3) is 0 Å². The van der Waals surface area contributed by atoms with Gasteiger partial charge >= 0.3 is 11.9 Å². The van der Waals surface area contributed by atoms with Gasteiger partial charge in [-0.3, -0.25) is 9.59 Å². The SMILES string of the molecule is O=C(OCCOC(=O)C1CCC2OC2C1)C1CCC2CC2C1. The predicted molar refractivity (Wildman–Crippen MR) is 76.9 cm³/mol. The monoisotopic (exact) mass is 308 g/mol. The van der Waals surface area contributed by atoms with Crippen LogP contribution in [-0.4, -0.2) is 37.4 Å². The molecule has 0 aromatic carbocycles. The van der Waals surface area contributed by atoms with Crippen LogP contribution in [0.1, 0.15) is 44.9 Å². The lowest BCUT2D eigenvalue weighted by molar-refractivity contribution is -0.158. The maximum atomic E-state index is 12.0. The Kier molecular flexibility index (Phi) is 3.84. The summed E-state index contributed by atoms with van der Waals surface area (Å²) in [6, 6.07) is 0. The van der Waals surface area contributed by atoms with Crippen molar-refractivity contribution in [3.05, 3.63) is 0 Å². The molecule has 0 radical (unpaired) electrons. The third kappa shape index (κ3) is 3.14. The van der Waals surface area contributed by atoms with Crippen molar-refractivity contribution in [2.24, 2.45) is 23.7 Å². The van der Waals surface area contributed by atoms with Gasteiger partial charge in [0, 0.05) is 0 Å². The summed E-state index contributed by atoms with van der Waals surface area (Å²) in [6.07, 6.45) is 7.70. The van der Waals surface area contributed by atoms with Crippen LogP contribution in [0.5, 0.6) is 0 Å². The van der Waals surface area contributed by atoms with Crippen molar-refractivity contribution in [1.29, 1.82) is 0 Å². The van der Waals surface area contributed by atoms with Gasteiger partial charge in [0.1, 0.15) is 13.2 Å². The van der Waals surface area contributed by atoms with E-state index < -0.39 is 0 Å². The average molecular weight is 308 g/mol. The lowest BCUT2D eigenvalue weighted by Crippen LogP contribution is -2.26. The van der Waals surface area contributed by atoms with E-state index in [2.05, 4.69) is 0 Å². The van der Waals surface area contributed by atoms with Crippen LogP contribution in [0.4, 0.5) is 0 Å². The molecule has 0 bridgehead atoms. The number of epoxide rings is 1. The van der Waals surface area contributed by atoms with Gasteiger partial charge < -0.3 is 14.2 Å². The largest absolute Gasteiger partial charge is 0.462 e. The van der Waals surface area contributed by atoms with E-state index in [1.165, 1.54) is 12.8 Å². The number of carbonyl (C=O) groups is 2. The van der Waals surface area contributed by atoms with Crippen LogP contribution in [0, 0.1) is 23.7 Å². The molecule has 122 valence electrons. The summed E-state index contributed by atoms with van der Waals surface area (Å²) in [4.78, 5) is 23.9. The molecule has 0 aromatic heterocycles. The lowest BCUT2D eigenvalue weighted by Gasteiger charge is -2.20. The minimum absolute atomic E-state index is 0.0374. The van der Waals surface area contributed by atoms with Crippen molar-refractivity contribution in [1.82, 2.24) is 0 Å². The smallest absolute Gasteiger partial charge is 0.309 e. The van der Waals surface area contributed by atoms with Gasteiger partial charge in [-0.05, 0) is 56.8 Å². The molecule has 6 atom stereocenters. The van der Waals surface area contributed by atoms with Crippen molar-refractivity contribution in [2.45, 2.75) is 57.2 Å². The summed E-state index contributed by atoms with van der Waals surface area (Å²) in [5.74, 6) is 1.42. The number of fused-ring (bicyclic) bond motifs is 2. The normalized spacial score (nSPS) is 41.8. The molecule has 0 aromatic rings. The number of hydrogen-bond acceptors (Lipinski definition) is 5. The number of hydrogen-bond donors (Lipinski definition) is 0. The molecule has 1 heterocycles. The van der Waals surface area contributed by atoms with Crippen molar-refractivity contribution in [3.8, 4) is 0 Å². The molecule has 4 aliphatic rings. The molecule has 1 aliphatic heterocycles. The fourth-order valence-corrected chi connectivity index (χ4v) is 4.20. The Morgan fingerprint density at radius 3 is 2.14 bits per heavy atom. The van der Waals surface area contributed by atoms with Crippen LogP contribution >= 0.6 is 0 Å². The van der Waals surface area contributed by atoms with E-state index in [1.54, 1.807) is 0 Å². The van der Waals surface area contributed by atoms with Crippen molar-refractivity contribution < 1.29 is 23.8 Å². The third-order valence-electron chi connectivity index (χ3n) is 5.78. The number of carbonyl (C=O) groups excluding carboxylic acids is 2. The number of esters is 2. The van der Waals surface area contributed by atoms with Gasteiger partial charge in [0.05, 0.1) is 24.0 Å². The maximum absolute atomic E-state index is 12.0. The molecule has 0 amide bonds. The highest BCUT2D eigenvalue weighted by molar-refractivity contribution is 5.73. The van der Waals surface area contributed by atoms with Crippen molar-refractivity contribution in [2.75, 3.05) is 13.2 Å². The molecule has 0 N–H and O–H groups in total. The summed E-state index contributed by atoms with van der Waals surface area (Å²) in [5.41, 5.74) is 0. The summed E-state index contributed by atoms with van der Waals surface area (Å²) in [7, 11) is 0. The fraction of sp³-hybridized carbons (Fsp3) is 0.882. The van der Waals surface area contributed by atoms with Gasteiger partial charge in [-0.15, -0.1) is 0 Å². The maximum Gasteiger partial charge on any atom is 0.309 e. The highest BCUT2D eigenvalue weighted by atomic mass is 16.6. The first kappa shape index (κ1) is 14.5. The van der Waals surface area contributed by atoms with Gasteiger partial charge in [-0.1, -0.05) is 0 Å². The van der Waals surface area contributed by atoms with Crippen LogP contribution in [-0.2, 0) is 23.8 Å². The molecule has 22 heavy (non-hydrogen) atoms. The van der Waals surface area contributed by atoms with E-state index >= 15 is 0 Å². The highest BCUT2D eigenvalue weighted by Crippen LogP contribution is 2.51. The van der Waals surface area contributed by atoms with Gasteiger partial charge in [0.15, 0.2) is 0 Å². The standard InChI is InChI=1S/C17H24O5/c18-16(11-2-1-10-7-13(10)8-11)20-5-6-21-17(19)12-3-4-14-15(9-12)22-14/h10-15H,1-9H2. The van der Waals surface area contributed by atoms with Crippen LogP contribution in [0.2, 0.25) is 0 Å². The highest BCUT2D eigenvalue weighted by Gasteiger charge is 2.46. The van der Waals surface area contributed by atoms with E-state index in [0.29, 0.717) is 6.10 Å². The second-order valence-corrected chi connectivity index (χ2v) is 7.32. The molecule has 5 heteroatoms. The number of rotatable bonds is 5. The summed E-state index contributed by atoms with van der Waals surface area (Å²) in [6.45, 7) is 0.360. The van der Waals surface area contributed by atoms with Gasteiger partial charge in [0.2, 0.25) is 0 Å². The third-order valence-corrected chi connectivity index (χ3v) is 5.78. The molecular weight excluding hydrogens is 284 g/mol. The Hall–Kier alpha value is -1.10. The second-order valence-electron chi connectivity index (χ2n) is 7.32. The molecule has 6 unspecified atom stereocenters. The summed E-state index contributed by atoms with van der Waals surface area (Å²) in [5, 5.41) is 0. The Labute approximate surface area is 130 Å². The van der Waals surface area contributed by atoms with Crippen LogP contribution in [0.3, 0.4) is 0 Å². The number of ether oxygens (including phenoxy) is 3. The quantitative estimate of drug-likeness (QED) is 0.442. The molecular formula is C17H24O5. The van der Waals surface area contributed by atoms with E-state index in [0.717, 1.165) is 43.9 Å². The predicted octanol–water partition coefficient (Wildman–Crippen LogP) is 2.08. The van der Waals surface area contributed by atoms with E-state index in [9.17, 15) is 9.59 Å². The summed E-state index contributed by atoms with van der Waals surface area (Å²) >= 11 is 0. The van der Waals surface area contributed by atoms with Gasteiger partial charge in [-0.2, -0.15) is 0 Å². The van der Waals surface area contributed by atoms with E-state index in [1.807, 2.05) is 0 Å². The van der Waals surface area contributed by atoms with Crippen molar-refractivity contribution in [3.63, 3.8) is 0 Å². The van der Waals surface area contributed by atoms with Crippen LogP contribution < -0.4 is 0 Å². The minimum atomic E-state index is -0.163. The second kappa shape index (κ2) is 5.84. The van der Waals surface area contributed by atoms with Crippen LogP contribution in [0.15, 0.2) is 0 Å². The molecule has 3 aliphatic carbocycles. The Balaban J connectivity index is 1.11. The molecule has 5 nitrogen and oxygen atoms in total.